The Morgan fingerprint density at radius 1 is 0.944 bits per heavy atom. The minimum Gasteiger partial charge on any atom is -0.361 e. The maximum Gasteiger partial charge on any atom is 0.0454 e. The highest BCUT2D eigenvalue weighted by molar-refractivity contribution is 5.85. The fourth-order valence-corrected chi connectivity index (χ4v) is 2.31. The highest BCUT2D eigenvalue weighted by atomic mass is 14.7. The van der Waals surface area contributed by atoms with Crippen LogP contribution in [0.1, 0.15) is 5.56 Å². The van der Waals surface area contributed by atoms with Crippen molar-refractivity contribution < 1.29 is 0 Å². The molecule has 3 rings (SSSR count). The molecule has 3 aromatic rings. The standard InChI is InChI=1S/C16H16N2/c17-8-6-12-2-1-3-13(10-12)14-4-5-16-15(11-14)7-9-18-16/h1-5,7,9-11,18H,6,8,17H2. The summed E-state index contributed by atoms with van der Waals surface area (Å²) in [6.45, 7) is 0.695. The molecule has 0 fully saturated rings. The van der Waals surface area contributed by atoms with Crippen LogP contribution in [0.15, 0.2) is 54.7 Å². The first kappa shape index (κ1) is 11.1. The van der Waals surface area contributed by atoms with E-state index in [0.29, 0.717) is 6.54 Å². The molecule has 2 nitrogen and oxygen atoms in total. The molecule has 0 atom stereocenters. The summed E-state index contributed by atoms with van der Waals surface area (Å²) in [6, 6.07) is 17.2. The Kier molecular flexibility index (Phi) is 2.87. The zero-order chi connectivity index (χ0) is 12.4. The van der Waals surface area contributed by atoms with Crippen LogP contribution in [0, 0.1) is 0 Å². The lowest BCUT2D eigenvalue weighted by Crippen LogP contribution is -2.02. The summed E-state index contributed by atoms with van der Waals surface area (Å²) in [7, 11) is 0. The highest BCUT2D eigenvalue weighted by Gasteiger charge is 2.01. The molecule has 90 valence electrons. The van der Waals surface area contributed by atoms with Gasteiger partial charge in [0.05, 0.1) is 0 Å². The van der Waals surface area contributed by atoms with Crippen molar-refractivity contribution in [2.45, 2.75) is 6.42 Å². The van der Waals surface area contributed by atoms with Crippen LogP contribution in [0.5, 0.6) is 0 Å². The number of fused-ring (bicyclic) bond motifs is 1. The van der Waals surface area contributed by atoms with E-state index in [0.717, 1.165) is 6.42 Å². The largest absolute Gasteiger partial charge is 0.361 e. The van der Waals surface area contributed by atoms with Crippen molar-refractivity contribution in [3.8, 4) is 11.1 Å². The van der Waals surface area contributed by atoms with E-state index >= 15 is 0 Å². The molecular formula is C16H16N2. The maximum atomic E-state index is 5.61. The summed E-state index contributed by atoms with van der Waals surface area (Å²) in [5.74, 6) is 0. The molecule has 1 heterocycles. The normalized spacial score (nSPS) is 10.9. The van der Waals surface area contributed by atoms with Crippen molar-refractivity contribution in [2.75, 3.05) is 6.54 Å². The smallest absolute Gasteiger partial charge is 0.0454 e. The quantitative estimate of drug-likeness (QED) is 0.719. The molecule has 18 heavy (non-hydrogen) atoms. The minimum absolute atomic E-state index is 0.695. The molecule has 0 spiro atoms. The summed E-state index contributed by atoms with van der Waals surface area (Å²) >= 11 is 0. The molecule has 2 heteroatoms. The van der Waals surface area contributed by atoms with E-state index in [4.69, 9.17) is 5.73 Å². The number of rotatable bonds is 3. The van der Waals surface area contributed by atoms with Gasteiger partial charge < -0.3 is 10.7 Å². The van der Waals surface area contributed by atoms with Crippen LogP contribution in [0.3, 0.4) is 0 Å². The average Bonchev–Trinajstić information content (AvgIpc) is 2.86. The SMILES string of the molecule is NCCc1cccc(-c2ccc3[nH]ccc3c2)c1. The number of nitrogens with two attached hydrogens (primary N) is 1. The van der Waals surface area contributed by atoms with Crippen LogP contribution in [-0.4, -0.2) is 11.5 Å². The molecule has 0 radical (unpaired) electrons. The first-order valence-corrected chi connectivity index (χ1v) is 6.23. The van der Waals surface area contributed by atoms with Crippen LogP contribution in [0.25, 0.3) is 22.0 Å². The summed E-state index contributed by atoms with van der Waals surface area (Å²) in [5, 5.41) is 1.25. The van der Waals surface area contributed by atoms with Crippen molar-refractivity contribution in [1.82, 2.24) is 4.98 Å². The second-order valence-electron chi connectivity index (χ2n) is 4.52. The van der Waals surface area contributed by atoms with E-state index in [1.165, 1.54) is 27.6 Å². The molecule has 0 aliphatic carbocycles. The Bertz CT molecular complexity index is 667. The molecule has 0 saturated carbocycles. The van der Waals surface area contributed by atoms with Gasteiger partial charge in [0.2, 0.25) is 0 Å². The second kappa shape index (κ2) is 4.67. The van der Waals surface area contributed by atoms with Gasteiger partial charge in [0.1, 0.15) is 0 Å². The molecule has 3 N–H and O–H groups in total. The summed E-state index contributed by atoms with van der Waals surface area (Å²) in [6.07, 6.45) is 2.90. The van der Waals surface area contributed by atoms with E-state index in [1.807, 2.05) is 6.20 Å². The number of aromatic nitrogens is 1. The lowest BCUT2D eigenvalue weighted by molar-refractivity contribution is 0.969. The van der Waals surface area contributed by atoms with Gasteiger partial charge in [0, 0.05) is 11.7 Å². The first-order valence-electron chi connectivity index (χ1n) is 6.23. The molecule has 0 amide bonds. The third-order valence-corrected chi connectivity index (χ3v) is 3.25. The van der Waals surface area contributed by atoms with Gasteiger partial charge in [-0.15, -0.1) is 0 Å². The molecular weight excluding hydrogens is 220 g/mol. The molecule has 0 aliphatic rings. The van der Waals surface area contributed by atoms with Crippen molar-refractivity contribution in [3.05, 3.63) is 60.3 Å². The van der Waals surface area contributed by atoms with Gasteiger partial charge in [-0.2, -0.15) is 0 Å². The molecule has 1 aromatic heterocycles. The van der Waals surface area contributed by atoms with Crippen molar-refractivity contribution >= 4 is 10.9 Å². The number of hydrogen-bond acceptors (Lipinski definition) is 1. The molecule has 0 saturated heterocycles. The van der Waals surface area contributed by atoms with Crippen LogP contribution >= 0.6 is 0 Å². The van der Waals surface area contributed by atoms with Crippen molar-refractivity contribution in [1.29, 1.82) is 0 Å². The van der Waals surface area contributed by atoms with Crippen molar-refractivity contribution in [2.24, 2.45) is 5.73 Å². The summed E-state index contributed by atoms with van der Waals surface area (Å²) < 4.78 is 0. The number of hydrogen-bond donors (Lipinski definition) is 2. The first-order chi connectivity index (χ1) is 8.86. The Hall–Kier alpha value is -2.06. The van der Waals surface area contributed by atoms with Gasteiger partial charge >= 0.3 is 0 Å². The number of aromatic amines is 1. The number of H-pyrrole nitrogens is 1. The molecule has 0 bridgehead atoms. The van der Waals surface area contributed by atoms with Gasteiger partial charge in [0.15, 0.2) is 0 Å². The van der Waals surface area contributed by atoms with Crippen LogP contribution in [0.2, 0.25) is 0 Å². The predicted octanol–water partition coefficient (Wildman–Crippen LogP) is 3.34. The van der Waals surface area contributed by atoms with Gasteiger partial charge in [-0.25, -0.2) is 0 Å². The Morgan fingerprint density at radius 3 is 2.72 bits per heavy atom. The van der Waals surface area contributed by atoms with Gasteiger partial charge in [0.25, 0.3) is 0 Å². The van der Waals surface area contributed by atoms with Crippen LogP contribution < -0.4 is 5.73 Å². The Morgan fingerprint density at radius 2 is 1.83 bits per heavy atom. The van der Waals surface area contributed by atoms with Crippen molar-refractivity contribution in [3.63, 3.8) is 0 Å². The van der Waals surface area contributed by atoms with Crippen LogP contribution in [0.4, 0.5) is 0 Å². The molecule has 0 aliphatic heterocycles. The van der Waals surface area contributed by atoms with Gasteiger partial charge in [-0.1, -0.05) is 30.3 Å². The number of nitrogens with one attached hydrogen (secondary N) is 1. The Balaban J connectivity index is 2.04. The topological polar surface area (TPSA) is 41.8 Å². The number of benzene rings is 2. The third-order valence-electron chi connectivity index (χ3n) is 3.25. The molecule has 2 aromatic carbocycles. The monoisotopic (exact) mass is 236 g/mol. The van der Waals surface area contributed by atoms with Gasteiger partial charge in [-0.05, 0) is 53.2 Å². The summed E-state index contributed by atoms with van der Waals surface area (Å²) in [4.78, 5) is 3.21. The zero-order valence-corrected chi connectivity index (χ0v) is 10.2. The molecule has 0 unspecified atom stereocenters. The van der Waals surface area contributed by atoms with E-state index in [9.17, 15) is 0 Å². The fourth-order valence-electron chi connectivity index (χ4n) is 2.31. The Labute approximate surface area is 106 Å². The maximum absolute atomic E-state index is 5.61. The van der Waals surface area contributed by atoms with E-state index in [1.54, 1.807) is 0 Å². The summed E-state index contributed by atoms with van der Waals surface area (Å²) in [5.41, 5.74) is 10.6. The lowest BCUT2D eigenvalue weighted by Gasteiger charge is -2.05. The van der Waals surface area contributed by atoms with E-state index in [-0.39, 0.29) is 0 Å². The van der Waals surface area contributed by atoms with Gasteiger partial charge in [-0.3, -0.25) is 0 Å². The highest BCUT2D eigenvalue weighted by Crippen LogP contribution is 2.24. The second-order valence-corrected chi connectivity index (χ2v) is 4.52. The fraction of sp³-hybridized carbons (Fsp3) is 0.125. The van der Waals surface area contributed by atoms with E-state index in [2.05, 4.69) is 53.5 Å². The zero-order valence-electron chi connectivity index (χ0n) is 10.2. The van der Waals surface area contributed by atoms with E-state index < -0.39 is 0 Å². The average molecular weight is 236 g/mol. The third kappa shape index (κ3) is 2.03. The van der Waals surface area contributed by atoms with Crippen LogP contribution in [-0.2, 0) is 6.42 Å². The lowest BCUT2D eigenvalue weighted by atomic mass is 10.0. The predicted molar refractivity (Wildman–Crippen MR) is 76.5 cm³/mol. The minimum atomic E-state index is 0.695.